The van der Waals surface area contributed by atoms with Crippen molar-refractivity contribution in [2.24, 2.45) is 0 Å². The van der Waals surface area contributed by atoms with Gasteiger partial charge in [0.2, 0.25) is 5.91 Å². The second kappa shape index (κ2) is 8.11. The maximum absolute atomic E-state index is 12.5. The second-order valence-electron chi connectivity index (χ2n) is 5.08. The number of rotatable bonds is 7. The van der Waals surface area contributed by atoms with Crippen molar-refractivity contribution in [3.05, 3.63) is 18.2 Å². The van der Waals surface area contributed by atoms with Gasteiger partial charge in [0.1, 0.15) is 6.04 Å². The highest BCUT2D eigenvalue weighted by molar-refractivity contribution is 5.80. The van der Waals surface area contributed by atoms with E-state index in [9.17, 15) is 4.79 Å². The van der Waals surface area contributed by atoms with Crippen molar-refractivity contribution in [3.8, 4) is 0 Å². The molecule has 0 aliphatic carbocycles. The molecule has 0 aromatic carbocycles. The number of hydrogen-bond donors (Lipinski definition) is 1. The first-order valence-corrected chi connectivity index (χ1v) is 7.31. The lowest BCUT2D eigenvalue weighted by molar-refractivity contribution is -0.138. The Morgan fingerprint density at radius 1 is 1.52 bits per heavy atom. The van der Waals surface area contributed by atoms with Crippen molar-refractivity contribution >= 4 is 5.91 Å². The number of carbonyl (C=O) groups is 1. The maximum atomic E-state index is 12.5. The van der Waals surface area contributed by atoms with Gasteiger partial charge in [-0.05, 0) is 6.92 Å². The number of nitrogens with one attached hydrogen (secondary N) is 1. The van der Waals surface area contributed by atoms with Crippen LogP contribution in [0.2, 0.25) is 0 Å². The fourth-order valence-corrected chi connectivity index (χ4v) is 2.38. The molecule has 0 bridgehead atoms. The molecule has 1 aromatic rings. The van der Waals surface area contributed by atoms with Crippen LogP contribution in [0, 0.1) is 0 Å². The molecule has 2 heterocycles. The molecule has 1 atom stereocenters. The van der Waals surface area contributed by atoms with Gasteiger partial charge in [0.25, 0.3) is 0 Å². The zero-order valence-electron chi connectivity index (χ0n) is 12.7. The average molecular weight is 296 g/mol. The number of aromatic nitrogens is 2. The summed E-state index contributed by atoms with van der Waals surface area (Å²) >= 11 is 0. The molecule has 21 heavy (non-hydrogen) atoms. The van der Waals surface area contributed by atoms with Crippen LogP contribution in [0.15, 0.2) is 12.5 Å². The van der Waals surface area contributed by atoms with Crippen LogP contribution >= 0.6 is 0 Å². The van der Waals surface area contributed by atoms with Crippen LogP contribution in [0.3, 0.4) is 0 Å². The van der Waals surface area contributed by atoms with Gasteiger partial charge in [-0.15, -0.1) is 0 Å². The van der Waals surface area contributed by atoms with Gasteiger partial charge in [-0.25, -0.2) is 4.98 Å². The van der Waals surface area contributed by atoms with Crippen LogP contribution in [0.5, 0.6) is 0 Å². The van der Waals surface area contributed by atoms with Crippen molar-refractivity contribution in [2.75, 3.05) is 46.6 Å². The van der Waals surface area contributed by atoms with Gasteiger partial charge >= 0.3 is 0 Å². The molecular formula is C14H24N4O3. The van der Waals surface area contributed by atoms with E-state index >= 15 is 0 Å². The first-order chi connectivity index (χ1) is 10.2. The Balaban J connectivity index is 1.93. The Labute approximate surface area is 125 Å². The van der Waals surface area contributed by atoms with E-state index in [0.29, 0.717) is 39.5 Å². The fourth-order valence-electron chi connectivity index (χ4n) is 2.38. The molecule has 2 rings (SSSR count). The van der Waals surface area contributed by atoms with Crippen LogP contribution in [0.4, 0.5) is 0 Å². The lowest BCUT2D eigenvalue weighted by atomic mass is 10.2. The highest BCUT2D eigenvalue weighted by Crippen LogP contribution is 2.14. The molecule has 1 aromatic heterocycles. The third kappa shape index (κ3) is 4.26. The minimum atomic E-state index is -0.246. The first-order valence-electron chi connectivity index (χ1n) is 7.31. The van der Waals surface area contributed by atoms with E-state index < -0.39 is 0 Å². The van der Waals surface area contributed by atoms with E-state index in [1.54, 1.807) is 19.6 Å². The summed E-state index contributed by atoms with van der Waals surface area (Å²) in [4.78, 5) is 18.5. The monoisotopic (exact) mass is 296 g/mol. The largest absolute Gasteiger partial charge is 0.383 e. The smallest absolute Gasteiger partial charge is 0.245 e. The van der Waals surface area contributed by atoms with Crippen LogP contribution < -0.4 is 5.32 Å². The Morgan fingerprint density at radius 3 is 3.00 bits per heavy atom. The summed E-state index contributed by atoms with van der Waals surface area (Å²) in [5.74, 6) is 0.120. The van der Waals surface area contributed by atoms with Gasteiger partial charge in [-0.2, -0.15) is 0 Å². The van der Waals surface area contributed by atoms with E-state index in [4.69, 9.17) is 9.47 Å². The Kier molecular flexibility index (Phi) is 6.16. The number of ether oxygens (including phenoxy) is 2. The average Bonchev–Trinajstić information content (AvgIpc) is 2.99. The highest BCUT2D eigenvalue weighted by atomic mass is 16.5. The fraction of sp³-hybridized carbons (Fsp3) is 0.714. The summed E-state index contributed by atoms with van der Waals surface area (Å²) in [6.07, 6.45) is 3.51. The predicted octanol–water partition coefficient (Wildman–Crippen LogP) is 0.0389. The van der Waals surface area contributed by atoms with Gasteiger partial charge in [-0.1, -0.05) is 0 Å². The van der Waals surface area contributed by atoms with E-state index in [0.717, 1.165) is 12.2 Å². The van der Waals surface area contributed by atoms with Crippen molar-refractivity contribution in [3.63, 3.8) is 0 Å². The molecule has 1 unspecified atom stereocenters. The van der Waals surface area contributed by atoms with Crippen LogP contribution in [0.25, 0.3) is 0 Å². The number of amides is 1. The Hall–Kier alpha value is -1.44. The number of imidazole rings is 1. The van der Waals surface area contributed by atoms with Crippen molar-refractivity contribution in [2.45, 2.75) is 19.5 Å². The molecule has 1 fully saturated rings. The summed E-state index contributed by atoms with van der Waals surface area (Å²) in [7, 11) is 1.68. The molecule has 7 heteroatoms. The van der Waals surface area contributed by atoms with Crippen LogP contribution in [0.1, 0.15) is 18.7 Å². The number of carbonyl (C=O) groups excluding carboxylic acids is 1. The lowest BCUT2D eigenvalue weighted by Crippen LogP contribution is -2.43. The standard InChI is InChI=1S/C14H24N4O3/c1-12(14(19)17-4-7-21-8-5-17)18-11-16-10-13(18)9-15-3-6-20-2/h10-12,15H,3-9H2,1-2H3. The quantitative estimate of drug-likeness (QED) is 0.720. The zero-order chi connectivity index (χ0) is 15.1. The molecule has 118 valence electrons. The summed E-state index contributed by atoms with van der Waals surface area (Å²) in [6.45, 7) is 6.59. The summed E-state index contributed by atoms with van der Waals surface area (Å²) in [5.41, 5.74) is 1.00. The Morgan fingerprint density at radius 2 is 2.29 bits per heavy atom. The summed E-state index contributed by atoms with van der Waals surface area (Å²) in [6, 6.07) is -0.246. The van der Waals surface area contributed by atoms with E-state index in [2.05, 4.69) is 10.3 Å². The summed E-state index contributed by atoms with van der Waals surface area (Å²) in [5, 5.41) is 3.27. The Bertz CT molecular complexity index is 443. The molecule has 1 saturated heterocycles. The minimum Gasteiger partial charge on any atom is -0.383 e. The highest BCUT2D eigenvalue weighted by Gasteiger charge is 2.24. The van der Waals surface area contributed by atoms with Crippen molar-refractivity contribution in [1.82, 2.24) is 19.8 Å². The number of methoxy groups -OCH3 is 1. The van der Waals surface area contributed by atoms with E-state index in [-0.39, 0.29) is 11.9 Å². The SMILES string of the molecule is COCCNCc1cncn1C(C)C(=O)N1CCOCC1. The number of hydrogen-bond acceptors (Lipinski definition) is 5. The van der Waals surface area contributed by atoms with Crippen molar-refractivity contribution in [1.29, 1.82) is 0 Å². The lowest BCUT2D eigenvalue weighted by Gasteiger charge is -2.30. The molecule has 0 spiro atoms. The van der Waals surface area contributed by atoms with Crippen LogP contribution in [-0.2, 0) is 20.8 Å². The van der Waals surface area contributed by atoms with Gasteiger partial charge in [0.15, 0.2) is 0 Å². The topological polar surface area (TPSA) is 68.6 Å². The molecule has 0 saturated carbocycles. The van der Waals surface area contributed by atoms with Crippen LogP contribution in [-0.4, -0.2) is 66.9 Å². The molecule has 1 aliphatic heterocycles. The molecular weight excluding hydrogens is 272 g/mol. The number of morpholine rings is 1. The van der Waals surface area contributed by atoms with Gasteiger partial charge in [0, 0.05) is 39.5 Å². The third-order valence-corrected chi connectivity index (χ3v) is 3.63. The minimum absolute atomic E-state index is 0.120. The maximum Gasteiger partial charge on any atom is 0.245 e. The molecule has 1 aliphatic rings. The van der Waals surface area contributed by atoms with E-state index in [1.165, 1.54) is 0 Å². The zero-order valence-corrected chi connectivity index (χ0v) is 12.7. The second-order valence-corrected chi connectivity index (χ2v) is 5.08. The predicted molar refractivity (Wildman–Crippen MR) is 77.9 cm³/mol. The van der Waals surface area contributed by atoms with E-state index in [1.807, 2.05) is 16.4 Å². The molecule has 0 radical (unpaired) electrons. The third-order valence-electron chi connectivity index (χ3n) is 3.63. The normalized spacial score (nSPS) is 17.0. The van der Waals surface area contributed by atoms with Gasteiger partial charge < -0.3 is 24.3 Å². The number of nitrogens with zero attached hydrogens (tertiary/aromatic N) is 3. The summed E-state index contributed by atoms with van der Waals surface area (Å²) < 4.78 is 12.2. The van der Waals surface area contributed by atoms with Crippen molar-refractivity contribution < 1.29 is 14.3 Å². The molecule has 1 N–H and O–H groups in total. The van der Waals surface area contributed by atoms with Gasteiger partial charge in [-0.3, -0.25) is 4.79 Å². The molecule has 1 amide bonds. The van der Waals surface area contributed by atoms with Gasteiger partial charge in [0.05, 0.1) is 31.8 Å². The first kappa shape index (κ1) is 15.9. The molecule has 7 nitrogen and oxygen atoms in total.